The van der Waals surface area contributed by atoms with Crippen LogP contribution in [0.4, 0.5) is 18.0 Å². The van der Waals surface area contributed by atoms with Crippen LogP contribution in [0.1, 0.15) is 31.7 Å². The quantitative estimate of drug-likeness (QED) is 0.839. The first-order chi connectivity index (χ1) is 13.9. The van der Waals surface area contributed by atoms with Crippen LogP contribution in [-0.2, 0) is 4.74 Å². The Morgan fingerprint density at radius 1 is 1.17 bits per heavy atom. The van der Waals surface area contributed by atoms with Gasteiger partial charge in [-0.25, -0.2) is 4.79 Å². The third kappa shape index (κ3) is 4.75. The highest BCUT2D eigenvalue weighted by atomic mass is 19.4. The van der Waals surface area contributed by atoms with E-state index in [9.17, 15) is 18.0 Å². The van der Waals surface area contributed by atoms with E-state index in [1.807, 2.05) is 9.58 Å². The maximum atomic E-state index is 12.5. The molecule has 10 heteroatoms. The molecule has 0 saturated carbocycles. The second-order valence-corrected chi connectivity index (χ2v) is 7.41. The normalized spacial score (nSPS) is 19.5. The lowest BCUT2D eigenvalue weighted by molar-refractivity contribution is -0.274. The minimum absolute atomic E-state index is 0.0467. The van der Waals surface area contributed by atoms with Gasteiger partial charge in [-0.05, 0) is 43.9 Å². The third-order valence-electron chi connectivity index (χ3n) is 5.45. The molecule has 2 aromatic rings. The van der Waals surface area contributed by atoms with Crippen molar-refractivity contribution in [3.05, 3.63) is 24.4 Å². The largest absolute Gasteiger partial charge is 0.573 e. The lowest BCUT2D eigenvalue weighted by atomic mass is 10.0. The molecule has 7 nitrogen and oxygen atoms in total. The molecule has 29 heavy (non-hydrogen) atoms. The summed E-state index contributed by atoms with van der Waals surface area (Å²) in [6, 6.07) is 4.43. The summed E-state index contributed by atoms with van der Waals surface area (Å²) in [5.41, 5.74) is 0.754. The molecule has 0 atom stereocenters. The fourth-order valence-electron chi connectivity index (χ4n) is 3.94. The number of alkyl halides is 3. The van der Waals surface area contributed by atoms with Crippen molar-refractivity contribution in [3.8, 4) is 5.75 Å². The van der Waals surface area contributed by atoms with Crippen LogP contribution in [0, 0.1) is 0 Å². The fourth-order valence-corrected chi connectivity index (χ4v) is 3.94. The van der Waals surface area contributed by atoms with Crippen LogP contribution in [0.25, 0.3) is 10.9 Å². The number of hydrogen-bond acceptors (Lipinski definition) is 4. The van der Waals surface area contributed by atoms with Gasteiger partial charge in [0.05, 0.1) is 17.8 Å². The van der Waals surface area contributed by atoms with E-state index in [-0.39, 0.29) is 23.9 Å². The zero-order valence-electron chi connectivity index (χ0n) is 15.8. The van der Waals surface area contributed by atoms with Gasteiger partial charge in [-0.3, -0.25) is 4.68 Å². The maximum Gasteiger partial charge on any atom is 0.573 e. The number of hydrogen-bond donors (Lipinski definition) is 1. The summed E-state index contributed by atoms with van der Waals surface area (Å²) in [6.45, 7) is 2.57. The van der Waals surface area contributed by atoms with Crippen LogP contribution >= 0.6 is 0 Å². The molecular formula is C19H23F3N4O3. The Hall–Kier alpha value is -2.49. The van der Waals surface area contributed by atoms with Crippen LogP contribution in [0.2, 0.25) is 0 Å². The molecule has 1 N–H and O–H groups in total. The van der Waals surface area contributed by atoms with Gasteiger partial charge in [0.25, 0.3) is 0 Å². The Labute approximate surface area is 165 Å². The lowest BCUT2D eigenvalue weighted by Crippen LogP contribution is -2.49. The van der Waals surface area contributed by atoms with Gasteiger partial charge in [0.2, 0.25) is 0 Å². The van der Waals surface area contributed by atoms with Crippen molar-refractivity contribution in [1.82, 2.24) is 20.0 Å². The molecule has 2 amide bonds. The monoisotopic (exact) mass is 412 g/mol. The molecule has 2 aliphatic heterocycles. The number of benzene rings is 1. The summed E-state index contributed by atoms with van der Waals surface area (Å²) < 4.78 is 48.3. The first kappa shape index (κ1) is 19.8. The maximum absolute atomic E-state index is 12.5. The number of piperidine rings is 1. The van der Waals surface area contributed by atoms with Crippen LogP contribution in [0.3, 0.4) is 0 Å². The predicted molar refractivity (Wildman–Crippen MR) is 98.6 cm³/mol. The highest BCUT2D eigenvalue weighted by Crippen LogP contribution is 2.30. The van der Waals surface area contributed by atoms with Gasteiger partial charge in [-0.15, -0.1) is 13.2 Å². The van der Waals surface area contributed by atoms with E-state index in [1.165, 1.54) is 12.1 Å². The Balaban J connectivity index is 1.37. The molecule has 2 saturated heterocycles. The van der Waals surface area contributed by atoms with Gasteiger partial charge in [0.15, 0.2) is 0 Å². The molecule has 3 heterocycles. The second kappa shape index (κ2) is 8.10. The molecule has 0 spiro atoms. The molecular weight excluding hydrogens is 389 g/mol. The number of carbonyl (C=O) groups is 1. The standard InChI is InChI=1S/C19H23F3N4O3/c20-19(21,22)29-16-1-2-17-13(11-16)12-23-26(17)15-3-7-25(8-4-15)18(27)24-14-5-9-28-10-6-14/h1-2,11-12,14-15H,3-10H2,(H,24,27). The Morgan fingerprint density at radius 3 is 2.59 bits per heavy atom. The van der Waals surface area contributed by atoms with Crippen LogP contribution in [0.5, 0.6) is 5.75 Å². The number of halogens is 3. The number of aromatic nitrogens is 2. The molecule has 1 aromatic carbocycles. The number of fused-ring (bicyclic) bond motifs is 1. The number of carbonyl (C=O) groups excluding carboxylic acids is 1. The number of urea groups is 1. The van der Waals surface area contributed by atoms with Gasteiger partial charge in [-0.2, -0.15) is 5.10 Å². The van der Waals surface area contributed by atoms with E-state index in [2.05, 4.69) is 15.2 Å². The van der Waals surface area contributed by atoms with Crippen molar-refractivity contribution < 1.29 is 27.4 Å². The smallest absolute Gasteiger partial charge is 0.406 e. The molecule has 0 aliphatic carbocycles. The van der Waals surface area contributed by atoms with Gasteiger partial charge in [0, 0.05) is 37.7 Å². The van der Waals surface area contributed by atoms with Gasteiger partial charge >= 0.3 is 12.4 Å². The topological polar surface area (TPSA) is 68.6 Å². The van der Waals surface area contributed by atoms with Gasteiger partial charge < -0.3 is 19.7 Å². The van der Waals surface area contributed by atoms with Crippen molar-refractivity contribution >= 4 is 16.9 Å². The molecule has 1 aromatic heterocycles. The molecule has 2 aliphatic rings. The van der Waals surface area contributed by atoms with Gasteiger partial charge in [-0.1, -0.05) is 0 Å². The molecule has 4 rings (SSSR count). The average Bonchev–Trinajstić information content (AvgIpc) is 3.11. The van der Waals surface area contributed by atoms with E-state index in [4.69, 9.17) is 4.74 Å². The summed E-state index contributed by atoms with van der Waals surface area (Å²) >= 11 is 0. The minimum atomic E-state index is -4.72. The van der Waals surface area contributed by atoms with Crippen molar-refractivity contribution in [2.75, 3.05) is 26.3 Å². The lowest BCUT2D eigenvalue weighted by Gasteiger charge is -2.34. The number of amides is 2. The summed E-state index contributed by atoms with van der Waals surface area (Å²) in [7, 11) is 0. The zero-order valence-corrected chi connectivity index (χ0v) is 15.8. The van der Waals surface area contributed by atoms with E-state index in [0.29, 0.717) is 31.7 Å². The first-order valence-corrected chi connectivity index (χ1v) is 9.75. The third-order valence-corrected chi connectivity index (χ3v) is 5.45. The highest BCUT2D eigenvalue weighted by molar-refractivity contribution is 5.80. The number of nitrogens with zero attached hydrogens (tertiary/aromatic N) is 3. The summed E-state index contributed by atoms with van der Waals surface area (Å²) in [4.78, 5) is 14.3. The number of nitrogens with one attached hydrogen (secondary N) is 1. The molecule has 0 radical (unpaired) electrons. The predicted octanol–water partition coefficient (Wildman–Crippen LogP) is 3.46. The van der Waals surface area contributed by atoms with E-state index >= 15 is 0 Å². The highest BCUT2D eigenvalue weighted by Gasteiger charge is 2.31. The van der Waals surface area contributed by atoms with Gasteiger partial charge in [0.1, 0.15) is 5.75 Å². The molecule has 158 valence electrons. The van der Waals surface area contributed by atoms with Crippen molar-refractivity contribution in [2.24, 2.45) is 0 Å². The summed E-state index contributed by atoms with van der Waals surface area (Å²) in [6.07, 6.45) is -0.0366. The van der Waals surface area contributed by atoms with E-state index < -0.39 is 6.36 Å². The Morgan fingerprint density at radius 2 is 1.90 bits per heavy atom. The minimum Gasteiger partial charge on any atom is -0.406 e. The van der Waals surface area contributed by atoms with Crippen molar-refractivity contribution in [3.63, 3.8) is 0 Å². The molecule has 0 unspecified atom stereocenters. The van der Waals surface area contributed by atoms with Crippen LogP contribution < -0.4 is 10.1 Å². The Bertz CT molecular complexity index is 856. The average molecular weight is 412 g/mol. The number of likely N-dealkylation sites (tertiary alicyclic amines) is 1. The van der Waals surface area contributed by atoms with Crippen LogP contribution in [0.15, 0.2) is 24.4 Å². The van der Waals surface area contributed by atoms with Crippen LogP contribution in [-0.4, -0.2) is 59.4 Å². The SMILES string of the molecule is O=C(NC1CCOCC1)N1CCC(n2ncc3cc(OC(F)(F)F)ccc32)CC1. The second-order valence-electron chi connectivity index (χ2n) is 7.41. The zero-order chi connectivity index (χ0) is 20.4. The fraction of sp³-hybridized carbons (Fsp3) is 0.579. The number of ether oxygens (including phenoxy) is 2. The van der Waals surface area contributed by atoms with E-state index in [0.717, 1.165) is 31.2 Å². The van der Waals surface area contributed by atoms with Crippen molar-refractivity contribution in [2.45, 2.75) is 44.1 Å². The van der Waals surface area contributed by atoms with E-state index in [1.54, 1.807) is 12.3 Å². The number of rotatable bonds is 3. The molecule has 0 bridgehead atoms. The van der Waals surface area contributed by atoms with Crippen molar-refractivity contribution in [1.29, 1.82) is 0 Å². The summed E-state index contributed by atoms with van der Waals surface area (Å²) in [5.74, 6) is -0.260. The first-order valence-electron chi connectivity index (χ1n) is 9.75. The molecule has 2 fully saturated rings. The summed E-state index contributed by atoms with van der Waals surface area (Å²) in [5, 5.41) is 8.03. The Kier molecular flexibility index (Phi) is 5.53.